The molecule has 1 aliphatic heterocycles. The Kier molecular flexibility index (Phi) is 2.32. The molecule has 0 aromatic heterocycles. The molecule has 1 atom stereocenters. The standard InChI is InChI=1S/C8H16O2/c1-8(2)4-3-7(5-9)10-6-8/h7,9H,3-6H2,1-2H3/t7-/m0/s1. The molecular formula is C8H16O2. The lowest BCUT2D eigenvalue weighted by Crippen LogP contribution is -2.33. The summed E-state index contributed by atoms with van der Waals surface area (Å²) in [6.45, 7) is 5.36. The van der Waals surface area contributed by atoms with Crippen LogP contribution in [0.15, 0.2) is 0 Å². The molecule has 1 heterocycles. The fourth-order valence-electron chi connectivity index (χ4n) is 1.19. The van der Waals surface area contributed by atoms with Crippen molar-refractivity contribution in [3.05, 3.63) is 0 Å². The van der Waals surface area contributed by atoms with Crippen molar-refractivity contribution in [3.8, 4) is 0 Å². The van der Waals surface area contributed by atoms with Gasteiger partial charge in [0.05, 0.1) is 19.3 Å². The van der Waals surface area contributed by atoms with Crippen molar-refractivity contribution in [2.45, 2.75) is 32.8 Å². The van der Waals surface area contributed by atoms with Gasteiger partial charge in [-0.3, -0.25) is 0 Å². The van der Waals surface area contributed by atoms with Gasteiger partial charge in [0, 0.05) is 0 Å². The second kappa shape index (κ2) is 2.89. The zero-order valence-electron chi connectivity index (χ0n) is 6.76. The van der Waals surface area contributed by atoms with Crippen LogP contribution in [0.4, 0.5) is 0 Å². The summed E-state index contributed by atoms with van der Waals surface area (Å²) in [5.74, 6) is 0. The van der Waals surface area contributed by atoms with Gasteiger partial charge in [-0.1, -0.05) is 13.8 Å². The van der Waals surface area contributed by atoms with E-state index in [0.29, 0.717) is 5.41 Å². The maximum Gasteiger partial charge on any atom is 0.0806 e. The predicted octanol–water partition coefficient (Wildman–Crippen LogP) is 1.18. The maximum atomic E-state index is 8.74. The van der Waals surface area contributed by atoms with Gasteiger partial charge in [0.15, 0.2) is 0 Å². The van der Waals surface area contributed by atoms with Crippen LogP contribution in [0.3, 0.4) is 0 Å². The van der Waals surface area contributed by atoms with Gasteiger partial charge in [-0.05, 0) is 18.3 Å². The fourth-order valence-corrected chi connectivity index (χ4v) is 1.19. The minimum absolute atomic E-state index is 0.105. The molecule has 0 unspecified atom stereocenters. The van der Waals surface area contributed by atoms with Gasteiger partial charge in [-0.25, -0.2) is 0 Å². The van der Waals surface area contributed by atoms with Gasteiger partial charge in [-0.2, -0.15) is 0 Å². The van der Waals surface area contributed by atoms with Crippen LogP contribution in [-0.4, -0.2) is 24.4 Å². The van der Waals surface area contributed by atoms with Crippen LogP contribution in [0.25, 0.3) is 0 Å². The summed E-state index contributed by atoms with van der Waals surface area (Å²) in [5, 5.41) is 8.74. The lowest BCUT2D eigenvalue weighted by atomic mass is 9.85. The zero-order valence-corrected chi connectivity index (χ0v) is 6.76. The van der Waals surface area contributed by atoms with Crippen molar-refractivity contribution in [2.75, 3.05) is 13.2 Å². The van der Waals surface area contributed by atoms with E-state index in [9.17, 15) is 0 Å². The minimum Gasteiger partial charge on any atom is -0.394 e. The molecule has 1 rings (SSSR count). The highest BCUT2D eigenvalue weighted by Gasteiger charge is 2.26. The first-order valence-electron chi connectivity index (χ1n) is 3.86. The van der Waals surface area contributed by atoms with E-state index in [1.54, 1.807) is 0 Å². The molecule has 0 saturated carbocycles. The fraction of sp³-hybridized carbons (Fsp3) is 1.00. The molecule has 0 bridgehead atoms. The van der Waals surface area contributed by atoms with Crippen LogP contribution in [0.2, 0.25) is 0 Å². The molecule has 0 aliphatic carbocycles. The van der Waals surface area contributed by atoms with E-state index >= 15 is 0 Å². The first-order chi connectivity index (χ1) is 4.64. The summed E-state index contributed by atoms with van der Waals surface area (Å²) < 4.78 is 5.39. The van der Waals surface area contributed by atoms with Crippen molar-refractivity contribution >= 4 is 0 Å². The van der Waals surface area contributed by atoms with E-state index in [2.05, 4.69) is 13.8 Å². The third kappa shape index (κ3) is 1.96. The van der Waals surface area contributed by atoms with Crippen molar-refractivity contribution in [3.63, 3.8) is 0 Å². The van der Waals surface area contributed by atoms with Crippen molar-refractivity contribution in [2.24, 2.45) is 5.41 Å². The van der Waals surface area contributed by atoms with Crippen LogP contribution in [0.5, 0.6) is 0 Å². The summed E-state index contributed by atoms with van der Waals surface area (Å²) in [6.07, 6.45) is 2.27. The monoisotopic (exact) mass is 144 g/mol. The van der Waals surface area contributed by atoms with E-state index in [1.165, 1.54) is 0 Å². The molecule has 0 aromatic rings. The average molecular weight is 144 g/mol. The highest BCUT2D eigenvalue weighted by atomic mass is 16.5. The Hall–Kier alpha value is -0.0800. The van der Waals surface area contributed by atoms with Crippen molar-refractivity contribution in [1.82, 2.24) is 0 Å². The first-order valence-corrected chi connectivity index (χ1v) is 3.86. The van der Waals surface area contributed by atoms with E-state index in [1.807, 2.05) is 0 Å². The van der Waals surface area contributed by atoms with Crippen molar-refractivity contribution in [1.29, 1.82) is 0 Å². The number of rotatable bonds is 1. The number of hydrogen-bond donors (Lipinski definition) is 1. The van der Waals surface area contributed by atoms with Crippen LogP contribution in [-0.2, 0) is 4.74 Å². The molecule has 60 valence electrons. The van der Waals surface area contributed by atoms with Gasteiger partial charge in [0.1, 0.15) is 0 Å². The van der Waals surface area contributed by atoms with Crippen LogP contribution < -0.4 is 0 Å². The summed E-state index contributed by atoms with van der Waals surface area (Å²) >= 11 is 0. The number of aliphatic hydroxyl groups is 1. The van der Waals surface area contributed by atoms with Gasteiger partial charge in [0.2, 0.25) is 0 Å². The predicted molar refractivity (Wildman–Crippen MR) is 39.8 cm³/mol. The number of ether oxygens (including phenoxy) is 1. The molecule has 0 amide bonds. The van der Waals surface area contributed by atoms with E-state index < -0.39 is 0 Å². The van der Waals surface area contributed by atoms with E-state index in [4.69, 9.17) is 9.84 Å². The highest BCUT2D eigenvalue weighted by Crippen LogP contribution is 2.29. The Morgan fingerprint density at radius 2 is 2.30 bits per heavy atom. The molecule has 0 spiro atoms. The quantitative estimate of drug-likeness (QED) is 0.599. The van der Waals surface area contributed by atoms with Gasteiger partial charge >= 0.3 is 0 Å². The summed E-state index contributed by atoms with van der Waals surface area (Å²) in [7, 11) is 0. The third-order valence-corrected chi connectivity index (χ3v) is 2.06. The number of aliphatic hydroxyl groups excluding tert-OH is 1. The van der Waals surface area contributed by atoms with Crippen LogP contribution >= 0.6 is 0 Å². The molecule has 2 heteroatoms. The van der Waals surface area contributed by atoms with E-state index in [0.717, 1.165) is 19.4 Å². The maximum absolute atomic E-state index is 8.74. The SMILES string of the molecule is CC1(C)CC[C@@H](CO)OC1. The second-order valence-electron chi connectivity index (χ2n) is 3.82. The Bertz CT molecular complexity index is 99.8. The van der Waals surface area contributed by atoms with Crippen molar-refractivity contribution < 1.29 is 9.84 Å². The summed E-state index contributed by atoms with van der Waals surface area (Å²) in [5.41, 5.74) is 0.325. The number of hydrogen-bond acceptors (Lipinski definition) is 2. The molecule has 10 heavy (non-hydrogen) atoms. The van der Waals surface area contributed by atoms with Gasteiger partial charge in [-0.15, -0.1) is 0 Å². The lowest BCUT2D eigenvalue weighted by molar-refractivity contribution is -0.0691. The largest absolute Gasteiger partial charge is 0.394 e. The van der Waals surface area contributed by atoms with Crippen LogP contribution in [0, 0.1) is 5.41 Å². The van der Waals surface area contributed by atoms with Crippen LogP contribution in [0.1, 0.15) is 26.7 Å². The third-order valence-electron chi connectivity index (χ3n) is 2.06. The highest BCUT2D eigenvalue weighted by molar-refractivity contribution is 4.75. The molecule has 1 N–H and O–H groups in total. The molecule has 0 radical (unpaired) electrons. The molecule has 1 saturated heterocycles. The molecular weight excluding hydrogens is 128 g/mol. The Morgan fingerprint density at radius 3 is 2.70 bits per heavy atom. The summed E-state index contributed by atoms with van der Waals surface area (Å²) in [4.78, 5) is 0. The normalized spacial score (nSPS) is 32.1. The van der Waals surface area contributed by atoms with Gasteiger partial charge < -0.3 is 9.84 Å². The Morgan fingerprint density at radius 1 is 1.60 bits per heavy atom. The lowest BCUT2D eigenvalue weighted by Gasteiger charge is -2.33. The molecule has 1 aliphatic rings. The summed E-state index contributed by atoms with van der Waals surface area (Å²) in [6, 6.07) is 0. The minimum atomic E-state index is 0.105. The topological polar surface area (TPSA) is 29.5 Å². The molecule has 2 nitrogen and oxygen atoms in total. The van der Waals surface area contributed by atoms with Gasteiger partial charge in [0.25, 0.3) is 0 Å². The molecule has 0 aromatic carbocycles. The Labute approximate surface area is 62.2 Å². The first kappa shape index (κ1) is 8.02. The zero-order chi connectivity index (χ0) is 7.61. The molecule has 1 fully saturated rings. The van der Waals surface area contributed by atoms with E-state index in [-0.39, 0.29) is 12.7 Å². The average Bonchev–Trinajstić information content (AvgIpc) is 1.88. The second-order valence-corrected chi connectivity index (χ2v) is 3.82. The Balaban J connectivity index is 2.31. The smallest absolute Gasteiger partial charge is 0.0806 e.